The van der Waals surface area contributed by atoms with Gasteiger partial charge in [0, 0.05) is 52.7 Å². The van der Waals surface area contributed by atoms with Crippen LogP contribution in [0.1, 0.15) is 16.7 Å². The highest BCUT2D eigenvalue weighted by Gasteiger charge is 2.09. The fraction of sp³-hybridized carbons (Fsp3) is 0.143. The molecule has 6 nitrogen and oxygen atoms in total. The second kappa shape index (κ2) is 9.27. The van der Waals surface area contributed by atoms with Gasteiger partial charge in [-0.25, -0.2) is 0 Å². The number of rotatable bonds is 7. The molecule has 2 aromatic heterocycles. The lowest BCUT2D eigenvalue weighted by Gasteiger charge is -2.13. The van der Waals surface area contributed by atoms with Gasteiger partial charge in [-0.1, -0.05) is 30.3 Å². The van der Waals surface area contributed by atoms with E-state index in [1.807, 2.05) is 55.6 Å². The van der Waals surface area contributed by atoms with E-state index < -0.39 is 0 Å². The summed E-state index contributed by atoms with van der Waals surface area (Å²) in [7, 11) is 0. The Hall–Kier alpha value is -4.32. The van der Waals surface area contributed by atoms with Crippen LogP contribution in [0.25, 0.3) is 21.8 Å². The topological polar surface area (TPSA) is 90.0 Å². The van der Waals surface area contributed by atoms with Gasteiger partial charge in [-0.15, -0.1) is 0 Å². The summed E-state index contributed by atoms with van der Waals surface area (Å²) in [6.45, 7) is 2.57. The SMILES string of the molecule is Cc1ccc(O)cc1Nc1ccnc2ccc(CC(=O)NCCc3c[nH]c4ccccc34)cc12. The number of phenols is 1. The lowest BCUT2D eigenvalue weighted by atomic mass is 10.1. The molecule has 0 saturated heterocycles. The summed E-state index contributed by atoms with van der Waals surface area (Å²) in [5.74, 6) is 0.192. The van der Waals surface area contributed by atoms with E-state index in [-0.39, 0.29) is 11.7 Å². The monoisotopic (exact) mass is 450 g/mol. The van der Waals surface area contributed by atoms with Gasteiger partial charge in [-0.3, -0.25) is 9.78 Å². The predicted octanol–water partition coefficient (Wildman–Crippen LogP) is 5.38. The van der Waals surface area contributed by atoms with Crippen LogP contribution in [-0.2, 0) is 17.6 Å². The molecule has 3 aromatic carbocycles. The Labute approximate surface area is 197 Å². The predicted molar refractivity (Wildman–Crippen MR) is 137 cm³/mol. The van der Waals surface area contributed by atoms with Crippen LogP contribution >= 0.6 is 0 Å². The Morgan fingerprint density at radius 2 is 1.88 bits per heavy atom. The molecule has 6 heteroatoms. The maximum Gasteiger partial charge on any atom is 0.224 e. The number of aryl methyl sites for hydroxylation is 1. The number of aromatic hydroxyl groups is 1. The van der Waals surface area contributed by atoms with Crippen LogP contribution in [0.2, 0.25) is 0 Å². The number of pyridine rings is 1. The lowest BCUT2D eigenvalue weighted by Crippen LogP contribution is -2.27. The van der Waals surface area contributed by atoms with Gasteiger partial charge in [0.1, 0.15) is 5.75 Å². The van der Waals surface area contributed by atoms with Crippen LogP contribution < -0.4 is 10.6 Å². The molecule has 0 atom stereocenters. The Morgan fingerprint density at radius 3 is 2.79 bits per heavy atom. The lowest BCUT2D eigenvalue weighted by molar-refractivity contribution is -0.120. The van der Waals surface area contributed by atoms with Crippen LogP contribution in [-0.4, -0.2) is 27.5 Å². The molecule has 0 aliphatic rings. The van der Waals surface area contributed by atoms with Gasteiger partial charge in [0.05, 0.1) is 11.9 Å². The van der Waals surface area contributed by atoms with Crippen LogP contribution in [0.5, 0.6) is 5.75 Å². The first-order valence-corrected chi connectivity index (χ1v) is 11.3. The number of H-pyrrole nitrogens is 1. The maximum atomic E-state index is 12.6. The third-order valence-electron chi connectivity index (χ3n) is 6.05. The number of aromatic amines is 1. The molecule has 0 bridgehead atoms. The second-order valence-electron chi connectivity index (χ2n) is 8.47. The third-order valence-corrected chi connectivity index (χ3v) is 6.05. The molecular formula is C28H26N4O2. The number of amides is 1. The standard InChI is InChI=1S/C28H26N4O2/c1-18-6-8-21(33)16-27(18)32-26-11-13-29-25-9-7-19(14-23(25)26)15-28(34)30-12-10-20-17-31-24-5-3-2-4-22(20)24/h2-9,11,13-14,16-17,31,33H,10,12,15H2,1H3,(H,29,32)(H,30,34). The quantitative estimate of drug-likeness (QED) is 0.268. The largest absolute Gasteiger partial charge is 0.508 e. The maximum absolute atomic E-state index is 12.6. The van der Waals surface area contributed by atoms with E-state index in [0.29, 0.717) is 13.0 Å². The smallest absolute Gasteiger partial charge is 0.224 e. The summed E-state index contributed by atoms with van der Waals surface area (Å²) in [6, 6.07) is 21.2. The van der Waals surface area contributed by atoms with E-state index in [2.05, 4.69) is 32.7 Å². The first kappa shape index (κ1) is 21.5. The fourth-order valence-electron chi connectivity index (χ4n) is 4.23. The van der Waals surface area contributed by atoms with Crippen molar-refractivity contribution in [3.63, 3.8) is 0 Å². The van der Waals surface area contributed by atoms with Crippen LogP contribution in [0, 0.1) is 6.92 Å². The number of anilines is 2. The average molecular weight is 451 g/mol. The number of phenolic OH excluding ortho intramolecular Hbond substituents is 1. The molecule has 170 valence electrons. The number of carbonyl (C=O) groups excluding carboxylic acids is 1. The minimum atomic E-state index is -0.0126. The summed E-state index contributed by atoms with van der Waals surface area (Å²) in [5, 5.41) is 18.4. The molecular weight excluding hydrogens is 424 g/mol. The minimum absolute atomic E-state index is 0.0126. The Morgan fingerprint density at radius 1 is 1.00 bits per heavy atom. The van der Waals surface area contributed by atoms with Crippen LogP contribution in [0.15, 0.2) is 79.1 Å². The molecule has 0 saturated carbocycles. The molecule has 5 aromatic rings. The summed E-state index contributed by atoms with van der Waals surface area (Å²) < 4.78 is 0. The van der Waals surface area contributed by atoms with Gasteiger partial charge < -0.3 is 20.7 Å². The molecule has 0 fully saturated rings. The normalized spacial score (nSPS) is 11.1. The highest BCUT2D eigenvalue weighted by Crippen LogP contribution is 2.29. The van der Waals surface area contributed by atoms with Gasteiger partial charge in [0.25, 0.3) is 0 Å². The zero-order valence-corrected chi connectivity index (χ0v) is 18.9. The van der Waals surface area contributed by atoms with Crippen LogP contribution in [0.3, 0.4) is 0 Å². The second-order valence-corrected chi connectivity index (χ2v) is 8.47. The molecule has 5 rings (SSSR count). The van der Waals surface area contributed by atoms with E-state index in [0.717, 1.165) is 45.3 Å². The Balaban J connectivity index is 1.27. The number of hydrogen-bond acceptors (Lipinski definition) is 4. The van der Waals surface area contributed by atoms with Crippen molar-refractivity contribution >= 4 is 39.1 Å². The number of fused-ring (bicyclic) bond motifs is 2. The summed E-state index contributed by atoms with van der Waals surface area (Å²) >= 11 is 0. The molecule has 34 heavy (non-hydrogen) atoms. The van der Waals surface area contributed by atoms with Gasteiger partial charge in [0.2, 0.25) is 5.91 Å². The molecule has 0 spiro atoms. The van der Waals surface area contributed by atoms with Crippen molar-refractivity contribution in [1.29, 1.82) is 0 Å². The zero-order valence-electron chi connectivity index (χ0n) is 18.9. The molecule has 2 heterocycles. The fourth-order valence-corrected chi connectivity index (χ4v) is 4.23. The number of hydrogen-bond donors (Lipinski definition) is 4. The van der Waals surface area contributed by atoms with E-state index >= 15 is 0 Å². The van der Waals surface area contributed by atoms with Crippen molar-refractivity contribution in [2.24, 2.45) is 0 Å². The molecule has 0 unspecified atom stereocenters. The van der Waals surface area contributed by atoms with Crippen molar-refractivity contribution in [2.75, 3.05) is 11.9 Å². The van der Waals surface area contributed by atoms with E-state index in [4.69, 9.17) is 0 Å². The van der Waals surface area contributed by atoms with E-state index in [1.165, 1.54) is 10.9 Å². The van der Waals surface area contributed by atoms with Crippen LogP contribution in [0.4, 0.5) is 11.4 Å². The zero-order chi connectivity index (χ0) is 23.5. The number of nitrogens with one attached hydrogen (secondary N) is 3. The highest BCUT2D eigenvalue weighted by molar-refractivity contribution is 5.94. The molecule has 0 aliphatic carbocycles. The first-order chi connectivity index (χ1) is 16.6. The number of aromatic nitrogens is 2. The van der Waals surface area contributed by atoms with Gasteiger partial charge in [0.15, 0.2) is 0 Å². The van der Waals surface area contributed by atoms with Crippen molar-refractivity contribution in [2.45, 2.75) is 19.8 Å². The first-order valence-electron chi connectivity index (χ1n) is 11.3. The number of para-hydroxylation sites is 1. The number of benzene rings is 3. The highest BCUT2D eigenvalue weighted by atomic mass is 16.3. The number of nitrogens with zero attached hydrogens (tertiary/aromatic N) is 1. The van der Waals surface area contributed by atoms with Gasteiger partial charge in [-0.2, -0.15) is 0 Å². The minimum Gasteiger partial charge on any atom is -0.508 e. The van der Waals surface area contributed by atoms with Gasteiger partial charge in [-0.05, 0) is 60.4 Å². The molecule has 1 amide bonds. The van der Waals surface area contributed by atoms with E-state index in [1.54, 1.807) is 18.3 Å². The Bertz CT molecular complexity index is 1490. The van der Waals surface area contributed by atoms with Gasteiger partial charge >= 0.3 is 0 Å². The Kier molecular flexibility index (Phi) is 5.87. The molecule has 0 radical (unpaired) electrons. The summed E-state index contributed by atoms with van der Waals surface area (Å²) in [6.07, 6.45) is 4.83. The summed E-state index contributed by atoms with van der Waals surface area (Å²) in [5.41, 5.74) is 6.79. The number of carbonyl (C=O) groups is 1. The third kappa shape index (κ3) is 4.57. The van der Waals surface area contributed by atoms with Crippen molar-refractivity contribution in [1.82, 2.24) is 15.3 Å². The molecule has 4 N–H and O–H groups in total. The summed E-state index contributed by atoms with van der Waals surface area (Å²) in [4.78, 5) is 20.3. The van der Waals surface area contributed by atoms with Crippen molar-refractivity contribution < 1.29 is 9.90 Å². The average Bonchev–Trinajstić information content (AvgIpc) is 3.25. The van der Waals surface area contributed by atoms with Crippen molar-refractivity contribution in [3.05, 3.63) is 95.8 Å². The van der Waals surface area contributed by atoms with Crippen molar-refractivity contribution in [3.8, 4) is 5.75 Å². The molecule has 0 aliphatic heterocycles. The van der Waals surface area contributed by atoms with E-state index in [9.17, 15) is 9.90 Å².